The number of aliphatic hydroxyl groups is 1. The number of benzene rings is 3. The summed E-state index contributed by atoms with van der Waals surface area (Å²) in [5.74, 6) is 1.86. The first-order valence-electron chi connectivity index (χ1n) is 21.4. The fourth-order valence-corrected chi connectivity index (χ4v) is 6.08. The first-order chi connectivity index (χ1) is 28.4. The van der Waals surface area contributed by atoms with Crippen LogP contribution < -0.4 is 11.2 Å². The molecule has 2 aromatic heterocycles. The van der Waals surface area contributed by atoms with E-state index in [9.17, 15) is 0 Å². The molecule has 0 radical (unpaired) electrons. The molecule has 2 heterocycles. The molecule has 0 aliphatic carbocycles. The fraction of sp³-hybridized carbons (Fsp3) is 0.511. The topological polar surface area (TPSA) is 180 Å². The van der Waals surface area contributed by atoms with Crippen molar-refractivity contribution in [2.24, 2.45) is 5.73 Å². The zero-order valence-corrected chi connectivity index (χ0v) is 35.6. The number of hydroxylamine groups is 1. The van der Waals surface area contributed by atoms with Gasteiger partial charge in [0.05, 0.1) is 18.2 Å². The number of nitrogens with zero attached hydrogens (tertiary/aromatic N) is 5. The second-order valence-corrected chi connectivity index (χ2v) is 14.3. The maximum Gasteiger partial charge on any atom is 0.252 e. The van der Waals surface area contributed by atoms with Gasteiger partial charge >= 0.3 is 0 Å². The van der Waals surface area contributed by atoms with Crippen molar-refractivity contribution in [1.29, 1.82) is 5.26 Å². The van der Waals surface area contributed by atoms with E-state index in [2.05, 4.69) is 83.5 Å². The molecule has 0 aliphatic heterocycles. The van der Waals surface area contributed by atoms with Gasteiger partial charge in [-0.2, -0.15) is 15.2 Å². The Bertz CT molecular complexity index is 1650. The number of rotatable bonds is 22. The molecule has 0 atom stereocenters. The summed E-state index contributed by atoms with van der Waals surface area (Å²) >= 11 is 0. The molecule has 3 aromatic carbocycles. The number of aliphatic hydroxyl groups excluding tert-OH is 1. The number of hydrogen-bond donors (Lipinski definition) is 4. The van der Waals surface area contributed by atoms with Crippen molar-refractivity contribution in [3.63, 3.8) is 0 Å². The first-order valence-corrected chi connectivity index (χ1v) is 21.4. The Hall–Kier alpha value is -4.73. The normalized spacial score (nSPS) is 10.4. The molecule has 0 saturated carbocycles. The number of nitrogens with one attached hydrogen (secondary N) is 1. The van der Waals surface area contributed by atoms with Crippen molar-refractivity contribution in [2.45, 2.75) is 149 Å². The van der Waals surface area contributed by atoms with Crippen LogP contribution in [0.5, 0.6) is 0 Å². The van der Waals surface area contributed by atoms with E-state index in [1.807, 2.05) is 36.4 Å². The van der Waals surface area contributed by atoms with Gasteiger partial charge in [0.15, 0.2) is 0 Å². The van der Waals surface area contributed by atoms with Gasteiger partial charge < -0.3 is 25.1 Å². The van der Waals surface area contributed by atoms with E-state index >= 15 is 0 Å². The summed E-state index contributed by atoms with van der Waals surface area (Å²) in [4.78, 5) is 8.32. The van der Waals surface area contributed by atoms with E-state index < -0.39 is 0 Å². The van der Waals surface area contributed by atoms with Gasteiger partial charge in [-0.3, -0.25) is 0 Å². The average Bonchev–Trinajstić information content (AvgIpc) is 3.96. The molecule has 0 bridgehead atoms. The van der Waals surface area contributed by atoms with Crippen molar-refractivity contribution in [3.8, 4) is 28.8 Å². The van der Waals surface area contributed by atoms with Gasteiger partial charge in [-0.25, -0.2) is 5.48 Å². The molecule has 58 heavy (non-hydrogen) atoms. The van der Waals surface area contributed by atoms with Crippen LogP contribution in [-0.2, 0) is 32.4 Å². The summed E-state index contributed by atoms with van der Waals surface area (Å²) in [6.07, 6.45) is 23.1. The van der Waals surface area contributed by atoms with Gasteiger partial charge in [0.1, 0.15) is 6.61 Å². The van der Waals surface area contributed by atoms with Crippen molar-refractivity contribution in [1.82, 2.24) is 25.8 Å². The van der Waals surface area contributed by atoms with Crippen LogP contribution in [0.4, 0.5) is 0 Å². The maximum absolute atomic E-state index is 8.90. The lowest BCUT2D eigenvalue weighted by Gasteiger charge is -2.02. The number of unbranched alkanes of at least 4 members (excludes halogenated alkanes) is 12. The van der Waals surface area contributed by atoms with Gasteiger partial charge in [-0.05, 0) is 67.3 Å². The highest BCUT2D eigenvalue weighted by Gasteiger charge is 2.08. The number of aromatic nitrogens is 4. The van der Waals surface area contributed by atoms with Crippen LogP contribution in [0, 0.1) is 11.3 Å². The highest BCUT2D eigenvalue weighted by molar-refractivity contribution is 5.55. The van der Waals surface area contributed by atoms with Gasteiger partial charge in [0.2, 0.25) is 17.5 Å². The Labute approximate surface area is 347 Å². The fourth-order valence-electron chi connectivity index (χ4n) is 6.08. The van der Waals surface area contributed by atoms with Crippen LogP contribution in [0.15, 0.2) is 81.8 Å². The predicted molar refractivity (Wildman–Crippen MR) is 233 cm³/mol. The maximum atomic E-state index is 8.90. The van der Waals surface area contributed by atoms with Crippen molar-refractivity contribution in [3.05, 3.63) is 107 Å². The molecule has 316 valence electrons. The van der Waals surface area contributed by atoms with Gasteiger partial charge in [0, 0.05) is 18.2 Å². The van der Waals surface area contributed by atoms with E-state index in [1.54, 1.807) is 5.48 Å². The number of nitrogens with two attached hydrogens (primary N) is 1. The van der Waals surface area contributed by atoms with Crippen molar-refractivity contribution >= 4 is 0 Å². The molecular formula is C47H69N7O4. The molecule has 5 rings (SSSR count). The molecule has 11 heteroatoms. The van der Waals surface area contributed by atoms with Gasteiger partial charge in [-0.15, -0.1) is 0 Å². The Morgan fingerprint density at radius 1 is 0.569 bits per heavy atom. The first kappa shape index (κ1) is 49.4. The number of hydrogen-bond acceptors (Lipinski definition) is 11. The molecular weight excluding hydrogens is 727 g/mol. The second kappa shape index (κ2) is 32.3. The summed E-state index contributed by atoms with van der Waals surface area (Å²) in [6.45, 7) is 6.78. The molecule has 0 fully saturated rings. The van der Waals surface area contributed by atoms with Crippen LogP contribution in [0.2, 0.25) is 0 Å². The van der Waals surface area contributed by atoms with Crippen molar-refractivity contribution < 1.29 is 19.4 Å². The summed E-state index contributed by atoms with van der Waals surface area (Å²) in [5, 5.41) is 32.6. The summed E-state index contributed by atoms with van der Waals surface area (Å²) in [7, 11) is 1.43. The lowest BCUT2D eigenvalue weighted by molar-refractivity contribution is 0.194. The minimum Gasteiger partial charge on any atom is -0.387 e. The standard InChI is InChI=1S/C16H23N3O.C16H22N2O2.C14H19N.CH5NO/c1-2-3-4-5-6-7-13-8-10-14(11-9-13)16-18-15(12-17)20-19-16;1-2-3-4-5-6-7-13-8-10-14(11-9-13)16-17-15(12-19)20-18-16;1-2-3-4-5-6-7-13-8-10-14(12-15)11-9-13;1-2-3/h8-11H,2-7,12,17H2,1H3;8-11,19H,2-7,12H2,1H3;8-11H,2-7H2,1H3;2-3H,1H3. The number of aryl methyl sites for hydroxylation is 3. The quantitative estimate of drug-likeness (QED) is 0.0386. The third-order valence-corrected chi connectivity index (χ3v) is 9.46. The molecule has 5 aromatic rings. The van der Waals surface area contributed by atoms with Crippen LogP contribution in [0.1, 0.15) is 151 Å². The van der Waals surface area contributed by atoms with Gasteiger partial charge in [0.25, 0.3) is 5.89 Å². The monoisotopic (exact) mass is 796 g/mol. The Balaban J connectivity index is 0.000000293. The lowest BCUT2D eigenvalue weighted by atomic mass is 10.0. The van der Waals surface area contributed by atoms with E-state index in [0.29, 0.717) is 17.5 Å². The van der Waals surface area contributed by atoms with Gasteiger partial charge in [-0.1, -0.05) is 169 Å². The van der Waals surface area contributed by atoms with E-state index in [4.69, 9.17) is 30.4 Å². The summed E-state index contributed by atoms with van der Waals surface area (Å²) in [6, 6.07) is 26.7. The highest BCUT2D eigenvalue weighted by atomic mass is 16.5. The van der Waals surface area contributed by atoms with Crippen molar-refractivity contribution in [2.75, 3.05) is 7.05 Å². The number of nitriles is 1. The van der Waals surface area contributed by atoms with Crippen LogP contribution in [0.25, 0.3) is 22.8 Å². The highest BCUT2D eigenvalue weighted by Crippen LogP contribution is 2.19. The third kappa shape index (κ3) is 21.1. The molecule has 5 N–H and O–H groups in total. The average molecular weight is 796 g/mol. The van der Waals surface area contributed by atoms with E-state index in [-0.39, 0.29) is 19.0 Å². The van der Waals surface area contributed by atoms with Crippen LogP contribution >= 0.6 is 0 Å². The zero-order valence-electron chi connectivity index (χ0n) is 35.6. The minimum absolute atomic E-state index is 0.219. The SMILES string of the molecule is CCCCCCCc1ccc(-c2noc(CN)n2)cc1.CCCCCCCc1ccc(-c2noc(CO)n2)cc1.CCCCCCCc1ccc(C#N)cc1.CNO. The molecule has 0 aliphatic rings. The second-order valence-electron chi connectivity index (χ2n) is 14.3. The predicted octanol–water partition coefficient (Wildman–Crippen LogP) is 11.1. The molecule has 0 spiro atoms. The smallest absolute Gasteiger partial charge is 0.252 e. The Morgan fingerprint density at radius 2 is 0.914 bits per heavy atom. The van der Waals surface area contributed by atoms with E-state index in [0.717, 1.165) is 36.0 Å². The summed E-state index contributed by atoms with van der Waals surface area (Å²) < 4.78 is 9.90. The Morgan fingerprint density at radius 3 is 1.22 bits per heavy atom. The largest absolute Gasteiger partial charge is 0.387 e. The molecule has 11 nitrogen and oxygen atoms in total. The summed E-state index contributed by atoms with van der Waals surface area (Å²) in [5.41, 5.74) is 13.9. The van der Waals surface area contributed by atoms with E-state index in [1.165, 1.54) is 120 Å². The zero-order chi connectivity index (χ0) is 42.1. The molecule has 0 unspecified atom stereocenters. The van der Waals surface area contributed by atoms with Crippen LogP contribution in [0.3, 0.4) is 0 Å². The minimum atomic E-state index is -0.219. The third-order valence-electron chi connectivity index (χ3n) is 9.46. The molecule has 0 amide bonds. The lowest BCUT2D eigenvalue weighted by Crippen LogP contribution is -1.95. The molecule has 0 saturated heterocycles. The Kier molecular flexibility index (Phi) is 27.5. The van der Waals surface area contributed by atoms with Crippen LogP contribution in [-0.4, -0.2) is 37.6 Å².